The van der Waals surface area contributed by atoms with Gasteiger partial charge in [-0.3, -0.25) is 0 Å². The van der Waals surface area contributed by atoms with Gasteiger partial charge in [0, 0.05) is 12.3 Å². The van der Waals surface area contributed by atoms with E-state index in [2.05, 4.69) is 55.5 Å². The van der Waals surface area contributed by atoms with Crippen molar-refractivity contribution >= 4 is 27.5 Å². The Balaban J connectivity index is 1.51. The van der Waals surface area contributed by atoms with E-state index in [0.717, 1.165) is 38.5 Å². The zero-order chi connectivity index (χ0) is 23.7. The SMILES string of the molecule is CCc1c2ccccc2c(C23CC4CC(CC(COC(=O)C(C)(F)F)(C4)C2)C3)c2ccccc12. The fourth-order valence-electron chi connectivity index (χ4n) is 8.43. The molecule has 4 saturated carbocycles. The summed E-state index contributed by atoms with van der Waals surface area (Å²) in [6.07, 6.45) is 7.35. The number of rotatable bonds is 5. The number of hydrogen-bond donors (Lipinski definition) is 0. The topological polar surface area (TPSA) is 26.3 Å². The lowest BCUT2D eigenvalue weighted by Gasteiger charge is -2.62. The molecular formula is C30H32F2O2. The number of alkyl halides is 2. The minimum Gasteiger partial charge on any atom is -0.461 e. The van der Waals surface area contributed by atoms with Crippen LogP contribution in [0.5, 0.6) is 0 Å². The van der Waals surface area contributed by atoms with Gasteiger partial charge in [0.2, 0.25) is 0 Å². The highest BCUT2D eigenvalue weighted by molar-refractivity contribution is 6.06. The molecule has 4 aliphatic rings. The van der Waals surface area contributed by atoms with E-state index in [0.29, 0.717) is 18.8 Å². The van der Waals surface area contributed by atoms with Crippen LogP contribution in [0, 0.1) is 17.3 Å². The zero-order valence-electron chi connectivity index (χ0n) is 20.0. The summed E-state index contributed by atoms with van der Waals surface area (Å²) < 4.78 is 32.4. The van der Waals surface area contributed by atoms with Crippen LogP contribution in [-0.2, 0) is 21.4 Å². The highest BCUT2D eigenvalue weighted by Gasteiger charge is 2.59. The highest BCUT2D eigenvalue weighted by atomic mass is 19.3. The van der Waals surface area contributed by atoms with Crippen molar-refractivity contribution in [2.45, 2.75) is 70.1 Å². The molecule has 4 fully saturated rings. The van der Waals surface area contributed by atoms with Crippen molar-refractivity contribution < 1.29 is 18.3 Å². The van der Waals surface area contributed by atoms with Crippen molar-refractivity contribution in [1.82, 2.24) is 0 Å². The van der Waals surface area contributed by atoms with Crippen molar-refractivity contribution in [2.75, 3.05) is 6.61 Å². The van der Waals surface area contributed by atoms with Crippen LogP contribution in [0.2, 0.25) is 0 Å². The molecule has 2 unspecified atom stereocenters. The Morgan fingerprint density at radius 3 is 1.97 bits per heavy atom. The average molecular weight is 463 g/mol. The summed E-state index contributed by atoms with van der Waals surface area (Å²) in [5.74, 6) is -3.71. The predicted molar refractivity (Wildman–Crippen MR) is 131 cm³/mol. The van der Waals surface area contributed by atoms with E-state index in [1.165, 1.54) is 39.1 Å². The number of halogens is 2. The summed E-state index contributed by atoms with van der Waals surface area (Å²) in [4.78, 5) is 12.0. The molecule has 34 heavy (non-hydrogen) atoms. The number of ether oxygens (including phenoxy) is 1. The third-order valence-corrected chi connectivity index (χ3v) is 8.98. The van der Waals surface area contributed by atoms with Crippen LogP contribution in [0.15, 0.2) is 48.5 Å². The van der Waals surface area contributed by atoms with E-state index in [4.69, 9.17) is 4.74 Å². The summed E-state index contributed by atoms with van der Waals surface area (Å²) in [5, 5.41) is 5.35. The third kappa shape index (κ3) is 3.28. The maximum atomic E-state index is 13.6. The molecule has 4 heteroatoms. The third-order valence-electron chi connectivity index (χ3n) is 8.98. The molecule has 0 spiro atoms. The van der Waals surface area contributed by atoms with Crippen LogP contribution in [0.25, 0.3) is 21.5 Å². The molecule has 2 atom stereocenters. The van der Waals surface area contributed by atoms with Crippen LogP contribution < -0.4 is 0 Å². The van der Waals surface area contributed by atoms with Gasteiger partial charge < -0.3 is 4.74 Å². The Morgan fingerprint density at radius 2 is 1.47 bits per heavy atom. The second kappa shape index (κ2) is 7.50. The molecule has 0 N–H and O–H groups in total. The van der Waals surface area contributed by atoms with Crippen LogP contribution in [0.3, 0.4) is 0 Å². The molecule has 4 bridgehead atoms. The Kier molecular flexibility index (Phi) is 4.86. The monoisotopic (exact) mass is 462 g/mol. The summed E-state index contributed by atoms with van der Waals surface area (Å²) in [5.41, 5.74) is 2.64. The van der Waals surface area contributed by atoms with Crippen molar-refractivity contribution in [3.63, 3.8) is 0 Å². The molecule has 0 aliphatic heterocycles. The van der Waals surface area contributed by atoms with Gasteiger partial charge in [0.1, 0.15) is 0 Å². The molecule has 3 aromatic rings. The first kappa shape index (κ1) is 22.0. The van der Waals surface area contributed by atoms with E-state index in [-0.39, 0.29) is 17.4 Å². The summed E-state index contributed by atoms with van der Waals surface area (Å²) >= 11 is 0. The molecular weight excluding hydrogens is 430 g/mol. The largest absolute Gasteiger partial charge is 0.461 e. The summed E-state index contributed by atoms with van der Waals surface area (Å²) in [6.45, 7) is 2.97. The normalized spacial score (nSPS) is 30.2. The van der Waals surface area contributed by atoms with E-state index in [1.54, 1.807) is 0 Å². The number of carbonyl (C=O) groups excluding carboxylic acids is 1. The van der Waals surface area contributed by atoms with Crippen molar-refractivity contribution in [3.8, 4) is 0 Å². The lowest BCUT2D eigenvalue weighted by molar-refractivity contribution is -0.180. The van der Waals surface area contributed by atoms with Crippen molar-refractivity contribution in [2.24, 2.45) is 17.3 Å². The first-order chi connectivity index (χ1) is 16.2. The quantitative estimate of drug-likeness (QED) is 0.288. The van der Waals surface area contributed by atoms with Gasteiger partial charge in [-0.15, -0.1) is 0 Å². The van der Waals surface area contributed by atoms with E-state index >= 15 is 0 Å². The standard InChI is InChI=1S/C30H32F2O2/c1-3-21-22-8-4-6-10-24(22)26(25-11-7-5-9-23(21)25)30-15-19-12-20(16-30)14-29(13-19,17-30)18-34-27(33)28(2,31)32/h4-11,19-20H,3,12-18H2,1-2H3. The predicted octanol–water partition coefficient (Wildman–Crippen LogP) is 7.59. The molecule has 3 aromatic carbocycles. The second-order valence-electron chi connectivity index (χ2n) is 11.5. The number of aryl methyl sites for hydroxylation is 1. The van der Waals surface area contributed by atoms with Crippen LogP contribution >= 0.6 is 0 Å². The van der Waals surface area contributed by atoms with Gasteiger partial charge in [-0.25, -0.2) is 4.79 Å². The second-order valence-corrected chi connectivity index (χ2v) is 11.5. The van der Waals surface area contributed by atoms with Gasteiger partial charge in [-0.05, 0) is 94.9 Å². The van der Waals surface area contributed by atoms with Gasteiger partial charge in [0.15, 0.2) is 0 Å². The van der Waals surface area contributed by atoms with Crippen molar-refractivity contribution in [1.29, 1.82) is 0 Å². The average Bonchev–Trinajstić information content (AvgIpc) is 2.79. The van der Waals surface area contributed by atoms with Gasteiger partial charge in [-0.2, -0.15) is 8.78 Å². The van der Waals surface area contributed by atoms with Crippen LogP contribution in [0.1, 0.15) is 63.5 Å². The molecule has 178 valence electrons. The maximum absolute atomic E-state index is 13.6. The Morgan fingerprint density at radius 1 is 0.941 bits per heavy atom. The molecule has 0 saturated heterocycles. The van der Waals surface area contributed by atoms with E-state index < -0.39 is 11.9 Å². The fourth-order valence-corrected chi connectivity index (χ4v) is 8.43. The Labute approximate surface area is 199 Å². The zero-order valence-corrected chi connectivity index (χ0v) is 20.0. The first-order valence-electron chi connectivity index (χ1n) is 12.7. The number of fused-ring (bicyclic) bond motifs is 2. The van der Waals surface area contributed by atoms with Crippen LogP contribution in [-0.4, -0.2) is 18.5 Å². The number of benzene rings is 3. The van der Waals surface area contributed by atoms with Gasteiger partial charge in [-0.1, -0.05) is 55.5 Å². The lowest BCUT2D eigenvalue weighted by Crippen LogP contribution is -2.56. The Hall–Kier alpha value is -2.49. The number of esters is 1. The molecule has 4 aliphatic carbocycles. The molecule has 0 radical (unpaired) electrons. The molecule has 2 nitrogen and oxygen atoms in total. The maximum Gasteiger partial charge on any atom is 0.376 e. The summed E-state index contributed by atoms with van der Waals surface area (Å²) in [6, 6.07) is 17.6. The Bertz CT molecular complexity index is 1220. The highest BCUT2D eigenvalue weighted by Crippen LogP contribution is 2.67. The fraction of sp³-hybridized carbons (Fsp3) is 0.500. The minimum absolute atomic E-state index is 0.00327. The first-order valence-corrected chi connectivity index (χ1v) is 12.7. The summed E-state index contributed by atoms with van der Waals surface area (Å²) in [7, 11) is 0. The molecule has 0 aromatic heterocycles. The molecule has 0 amide bonds. The smallest absolute Gasteiger partial charge is 0.376 e. The van der Waals surface area contributed by atoms with Gasteiger partial charge >= 0.3 is 11.9 Å². The van der Waals surface area contributed by atoms with Gasteiger partial charge in [0.05, 0.1) is 6.61 Å². The molecule has 7 rings (SSSR count). The van der Waals surface area contributed by atoms with Gasteiger partial charge in [0.25, 0.3) is 0 Å². The number of hydrogen-bond acceptors (Lipinski definition) is 2. The van der Waals surface area contributed by atoms with Crippen LogP contribution in [0.4, 0.5) is 8.78 Å². The molecule has 0 heterocycles. The lowest BCUT2D eigenvalue weighted by atomic mass is 9.42. The van der Waals surface area contributed by atoms with E-state index in [9.17, 15) is 13.6 Å². The minimum atomic E-state index is -3.44. The van der Waals surface area contributed by atoms with E-state index in [1.807, 2.05) is 0 Å². The van der Waals surface area contributed by atoms with Crippen molar-refractivity contribution in [3.05, 3.63) is 59.7 Å². The number of carbonyl (C=O) groups is 1.